The quantitative estimate of drug-likeness (QED) is 0.520. The summed E-state index contributed by atoms with van der Waals surface area (Å²) < 4.78 is 6.82. The van der Waals surface area contributed by atoms with Gasteiger partial charge in [-0.2, -0.15) is 0 Å². The third-order valence-corrected chi connectivity index (χ3v) is 3.72. The molecule has 1 heterocycles. The van der Waals surface area contributed by atoms with Crippen molar-refractivity contribution in [3.05, 3.63) is 34.7 Å². The SMILES string of the molecule is Cn1c(SCC(O)COc2cccc(N)c2)n[nH]c1=O. The van der Waals surface area contributed by atoms with Gasteiger partial charge in [0.25, 0.3) is 0 Å². The van der Waals surface area contributed by atoms with E-state index in [4.69, 9.17) is 10.5 Å². The van der Waals surface area contributed by atoms with E-state index in [2.05, 4.69) is 10.2 Å². The molecule has 1 atom stereocenters. The van der Waals surface area contributed by atoms with Gasteiger partial charge in [0.15, 0.2) is 5.16 Å². The van der Waals surface area contributed by atoms with Crippen molar-refractivity contribution in [2.45, 2.75) is 11.3 Å². The van der Waals surface area contributed by atoms with Crippen LogP contribution in [0.5, 0.6) is 5.75 Å². The molecule has 2 rings (SSSR count). The number of hydrogen-bond donors (Lipinski definition) is 3. The van der Waals surface area contributed by atoms with Crippen molar-refractivity contribution < 1.29 is 9.84 Å². The maximum Gasteiger partial charge on any atom is 0.343 e. The summed E-state index contributed by atoms with van der Waals surface area (Å²) in [6.07, 6.45) is -0.673. The van der Waals surface area contributed by atoms with E-state index < -0.39 is 6.10 Å². The van der Waals surface area contributed by atoms with Crippen LogP contribution in [-0.4, -0.2) is 38.3 Å². The first kappa shape index (κ1) is 14.5. The van der Waals surface area contributed by atoms with Gasteiger partial charge in [-0.3, -0.25) is 4.57 Å². The summed E-state index contributed by atoms with van der Waals surface area (Å²) in [7, 11) is 1.61. The van der Waals surface area contributed by atoms with Crippen molar-refractivity contribution in [3.63, 3.8) is 0 Å². The molecule has 1 aromatic heterocycles. The predicted octanol–water partition coefficient (Wildman–Crippen LogP) is 0.223. The number of H-pyrrole nitrogens is 1. The van der Waals surface area contributed by atoms with Crippen LogP contribution in [0.1, 0.15) is 0 Å². The molecular weight excluding hydrogens is 280 g/mol. The standard InChI is InChI=1S/C12H16N4O3S/c1-16-11(18)14-15-12(16)20-7-9(17)6-19-10-4-2-3-8(13)5-10/h2-5,9,17H,6-7,13H2,1H3,(H,14,18). The smallest absolute Gasteiger partial charge is 0.343 e. The lowest BCUT2D eigenvalue weighted by Gasteiger charge is -2.11. The summed E-state index contributed by atoms with van der Waals surface area (Å²) >= 11 is 1.28. The lowest BCUT2D eigenvalue weighted by atomic mass is 10.3. The highest BCUT2D eigenvalue weighted by Gasteiger charge is 2.10. The molecule has 0 fully saturated rings. The summed E-state index contributed by atoms with van der Waals surface area (Å²) in [5.41, 5.74) is 5.96. The topological polar surface area (TPSA) is 106 Å². The summed E-state index contributed by atoms with van der Waals surface area (Å²) in [6, 6.07) is 7.01. The van der Waals surface area contributed by atoms with Crippen molar-refractivity contribution in [2.24, 2.45) is 7.05 Å². The van der Waals surface area contributed by atoms with Crippen LogP contribution < -0.4 is 16.2 Å². The van der Waals surface area contributed by atoms with E-state index in [0.29, 0.717) is 22.3 Å². The highest BCUT2D eigenvalue weighted by Crippen LogP contribution is 2.16. The molecule has 0 saturated carbocycles. The number of benzene rings is 1. The Bertz CT molecular complexity index is 625. The number of aliphatic hydroxyl groups excluding tert-OH is 1. The van der Waals surface area contributed by atoms with Crippen molar-refractivity contribution >= 4 is 17.4 Å². The number of aliphatic hydroxyl groups is 1. The Labute approximate surface area is 119 Å². The summed E-state index contributed by atoms with van der Waals surface area (Å²) in [4.78, 5) is 11.2. The van der Waals surface area contributed by atoms with Crippen molar-refractivity contribution in [3.8, 4) is 5.75 Å². The number of aromatic nitrogens is 3. The Morgan fingerprint density at radius 1 is 1.60 bits per heavy atom. The van der Waals surface area contributed by atoms with Crippen molar-refractivity contribution in [2.75, 3.05) is 18.1 Å². The fourth-order valence-electron chi connectivity index (χ4n) is 1.48. The summed E-state index contributed by atoms with van der Waals surface area (Å²) in [6.45, 7) is 0.148. The molecule has 8 heteroatoms. The number of thioether (sulfide) groups is 1. The summed E-state index contributed by atoms with van der Waals surface area (Å²) in [5, 5.41) is 16.5. The predicted molar refractivity (Wildman–Crippen MR) is 76.9 cm³/mol. The molecule has 7 nitrogen and oxygen atoms in total. The van der Waals surface area contributed by atoms with Crippen LogP contribution >= 0.6 is 11.8 Å². The number of hydrogen-bond acceptors (Lipinski definition) is 6. The molecule has 20 heavy (non-hydrogen) atoms. The van der Waals surface area contributed by atoms with E-state index in [-0.39, 0.29) is 12.3 Å². The molecule has 4 N–H and O–H groups in total. The molecule has 0 radical (unpaired) electrons. The maximum absolute atomic E-state index is 11.2. The van der Waals surface area contributed by atoms with Gasteiger partial charge in [-0.05, 0) is 12.1 Å². The minimum atomic E-state index is -0.673. The Morgan fingerprint density at radius 2 is 2.40 bits per heavy atom. The van der Waals surface area contributed by atoms with Crippen LogP contribution in [0.2, 0.25) is 0 Å². The van der Waals surface area contributed by atoms with Crippen LogP contribution in [0.4, 0.5) is 5.69 Å². The number of nitrogens with one attached hydrogen (secondary N) is 1. The van der Waals surface area contributed by atoms with Gasteiger partial charge in [-0.15, -0.1) is 5.10 Å². The zero-order chi connectivity index (χ0) is 14.5. The molecule has 0 spiro atoms. The van der Waals surface area contributed by atoms with Crippen molar-refractivity contribution in [1.82, 2.24) is 14.8 Å². The van der Waals surface area contributed by atoms with Gasteiger partial charge in [0.2, 0.25) is 0 Å². The number of ether oxygens (including phenoxy) is 1. The van der Waals surface area contributed by atoms with Gasteiger partial charge >= 0.3 is 5.69 Å². The Morgan fingerprint density at radius 3 is 3.05 bits per heavy atom. The normalized spacial score (nSPS) is 12.3. The molecule has 2 aromatic rings. The van der Waals surface area contributed by atoms with Gasteiger partial charge in [-0.1, -0.05) is 17.8 Å². The fraction of sp³-hybridized carbons (Fsp3) is 0.333. The van der Waals surface area contributed by atoms with Crippen LogP contribution in [-0.2, 0) is 7.05 Å². The molecule has 1 unspecified atom stereocenters. The Kier molecular flexibility index (Phi) is 4.70. The molecule has 1 aromatic carbocycles. The molecule has 108 valence electrons. The minimum absolute atomic E-state index is 0.148. The second-order valence-electron chi connectivity index (χ2n) is 4.22. The van der Waals surface area contributed by atoms with Crippen LogP contribution in [0, 0.1) is 0 Å². The van der Waals surface area contributed by atoms with Gasteiger partial charge in [0.1, 0.15) is 12.4 Å². The fourth-order valence-corrected chi connectivity index (χ4v) is 2.30. The average molecular weight is 296 g/mol. The number of nitrogen functional groups attached to an aromatic ring is 1. The minimum Gasteiger partial charge on any atom is -0.491 e. The van der Waals surface area contributed by atoms with Crippen LogP contribution in [0.15, 0.2) is 34.2 Å². The number of aromatic amines is 1. The van der Waals surface area contributed by atoms with E-state index in [1.54, 1.807) is 31.3 Å². The first-order valence-corrected chi connectivity index (χ1v) is 6.95. The molecule has 0 aliphatic heterocycles. The highest BCUT2D eigenvalue weighted by atomic mass is 32.2. The third-order valence-electron chi connectivity index (χ3n) is 2.54. The first-order valence-electron chi connectivity index (χ1n) is 5.97. The number of anilines is 1. The average Bonchev–Trinajstić information content (AvgIpc) is 2.74. The van der Waals surface area contributed by atoms with Gasteiger partial charge in [0, 0.05) is 24.6 Å². The largest absolute Gasteiger partial charge is 0.491 e. The zero-order valence-electron chi connectivity index (χ0n) is 10.9. The van der Waals surface area contributed by atoms with E-state index in [0.717, 1.165) is 0 Å². The molecule has 0 aliphatic carbocycles. The van der Waals surface area contributed by atoms with Crippen LogP contribution in [0.3, 0.4) is 0 Å². The number of nitrogens with zero attached hydrogens (tertiary/aromatic N) is 2. The van der Waals surface area contributed by atoms with Gasteiger partial charge < -0.3 is 15.6 Å². The molecule has 0 bridgehead atoms. The molecular formula is C12H16N4O3S. The molecule has 0 saturated heterocycles. The van der Waals surface area contributed by atoms with E-state index >= 15 is 0 Å². The van der Waals surface area contributed by atoms with E-state index in [1.807, 2.05) is 0 Å². The van der Waals surface area contributed by atoms with Crippen LogP contribution in [0.25, 0.3) is 0 Å². The van der Waals surface area contributed by atoms with Crippen molar-refractivity contribution in [1.29, 1.82) is 0 Å². The van der Waals surface area contributed by atoms with E-state index in [1.165, 1.54) is 16.3 Å². The highest BCUT2D eigenvalue weighted by molar-refractivity contribution is 7.99. The first-order chi connectivity index (χ1) is 9.56. The Hall–Kier alpha value is -1.93. The zero-order valence-corrected chi connectivity index (χ0v) is 11.8. The second-order valence-corrected chi connectivity index (χ2v) is 5.21. The maximum atomic E-state index is 11.2. The Balaban J connectivity index is 1.80. The van der Waals surface area contributed by atoms with Gasteiger partial charge in [-0.25, -0.2) is 9.89 Å². The third kappa shape index (κ3) is 3.78. The van der Waals surface area contributed by atoms with E-state index in [9.17, 15) is 9.90 Å². The number of rotatable bonds is 6. The molecule has 0 aliphatic rings. The molecule has 0 amide bonds. The monoisotopic (exact) mass is 296 g/mol. The lowest BCUT2D eigenvalue weighted by molar-refractivity contribution is 0.126. The van der Waals surface area contributed by atoms with Gasteiger partial charge in [0.05, 0.1) is 6.10 Å². The lowest BCUT2D eigenvalue weighted by Crippen LogP contribution is -2.20. The summed E-state index contributed by atoms with van der Waals surface area (Å²) in [5.74, 6) is 0.988. The second kappa shape index (κ2) is 6.49. The number of nitrogens with two attached hydrogens (primary N) is 1.